The Balaban J connectivity index is 1.76. The Kier molecular flexibility index (Phi) is 4.15. The van der Waals surface area contributed by atoms with Gasteiger partial charge in [-0.15, -0.1) is 0 Å². The zero-order chi connectivity index (χ0) is 21.0. The first-order valence-electron chi connectivity index (χ1n) is 9.94. The van der Waals surface area contributed by atoms with E-state index >= 15 is 0 Å². The molecule has 2 aromatic heterocycles. The summed E-state index contributed by atoms with van der Waals surface area (Å²) < 4.78 is 1.16. The molecule has 3 heterocycles. The summed E-state index contributed by atoms with van der Waals surface area (Å²) in [6.45, 7) is 4.50. The molecule has 0 amide bonds. The standard InChI is InChI=1S/C23H22N4O3/c1-12-9-13(2)11-14(10-12)27-22(29)18(21(28)26-23(27)30)20-19-16(7-8-24-20)15-5-3-4-6-17(15)25-19/h3-6,9-11,20,24-25,29H,7-8H2,1-2H3,(H,26,28,30)/t20-/m1/s1. The van der Waals surface area contributed by atoms with Gasteiger partial charge in [0.1, 0.15) is 5.56 Å². The van der Waals surface area contributed by atoms with Crippen LogP contribution in [0.25, 0.3) is 16.6 Å². The van der Waals surface area contributed by atoms with Crippen LogP contribution in [0.15, 0.2) is 52.1 Å². The number of hydrogen-bond acceptors (Lipinski definition) is 4. The zero-order valence-corrected chi connectivity index (χ0v) is 16.7. The number of aryl methyl sites for hydroxylation is 2. The maximum atomic E-state index is 12.8. The van der Waals surface area contributed by atoms with E-state index in [0.29, 0.717) is 12.2 Å². The van der Waals surface area contributed by atoms with Crippen LogP contribution >= 0.6 is 0 Å². The molecule has 0 fully saturated rings. The minimum atomic E-state index is -0.668. The van der Waals surface area contributed by atoms with Crippen molar-refractivity contribution in [3.8, 4) is 11.6 Å². The van der Waals surface area contributed by atoms with E-state index < -0.39 is 17.3 Å². The van der Waals surface area contributed by atoms with Crippen molar-refractivity contribution in [2.24, 2.45) is 0 Å². The Labute approximate surface area is 172 Å². The maximum absolute atomic E-state index is 12.8. The molecule has 4 N–H and O–H groups in total. The summed E-state index contributed by atoms with van der Waals surface area (Å²) in [4.78, 5) is 31.2. The number of hydrogen-bond donors (Lipinski definition) is 4. The van der Waals surface area contributed by atoms with Crippen molar-refractivity contribution < 1.29 is 5.11 Å². The summed E-state index contributed by atoms with van der Waals surface area (Å²) in [7, 11) is 0. The van der Waals surface area contributed by atoms with Crippen LogP contribution in [-0.2, 0) is 6.42 Å². The highest BCUT2D eigenvalue weighted by Gasteiger charge is 2.31. The molecule has 7 nitrogen and oxygen atoms in total. The van der Waals surface area contributed by atoms with E-state index in [-0.39, 0.29) is 11.4 Å². The van der Waals surface area contributed by atoms with Crippen LogP contribution in [0, 0.1) is 13.8 Å². The minimum Gasteiger partial charge on any atom is -0.494 e. The number of aromatic amines is 2. The summed E-state index contributed by atoms with van der Waals surface area (Å²) in [5.41, 5.74) is 4.24. The molecule has 1 atom stereocenters. The number of nitrogens with one attached hydrogen (secondary N) is 3. The van der Waals surface area contributed by atoms with Gasteiger partial charge in [-0.2, -0.15) is 0 Å². The fourth-order valence-corrected chi connectivity index (χ4v) is 4.54. The molecule has 7 heteroatoms. The number of fused-ring (bicyclic) bond motifs is 3. The van der Waals surface area contributed by atoms with Crippen molar-refractivity contribution in [1.29, 1.82) is 0 Å². The highest BCUT2D eigenvalue weighted by atomic mass is 16.3. The number of benzene rings is 2. The van der Waals surface area contributed by atoms with Crippen molar-refractivity contribution in [3.05, 3.63) is 91.3 Å². The third-order valence-corrected chi connectivity index (χ3v) is 5.73. The molecule has 5 rings (SSSR count). The molecule has 152 valence electrons. The summed E-state index contributed by atoms with van der Waals surface area (Å²) in [6, 6.07) is 13.0. The second-order valence-corrected chi connectivity index (χ2v) is 7.88. The SMILES string of the molecule is Cc1cc(C)cc(-n2c(O)c([C@H]3NCCc4c3[nH]c3ccccc43)c(=O)[nH]c2=O)c1. The molecule has 2 aromatic carbocycles. The third-order valence-electron chi connectivity index (χ3n) is 5.73. The molecule has 30 heavy (non-hydrogen) atoms. The molecule has 0 saturated carbocycles. The second kappa shape index (κ2) is 6.74. The average molecular weight is 402 g/mol. The quantitative estimate of drug-likeness (QED) is 0.414. The normalized spacial score (nSPS) is 16.0. The van der Waals surface area contributed by atoms with Crippen molar-refractivity contribution in [1.82, 2.24) is 19.9 Å². The van der Waals surface area contributed by atoms with Crippen LogP contribution in [0.3, 0.4) is 0 Å². The molecule has 0 bridgehead atoms. The topological polar surface area (TPSA) is 103 Å². The van der Waals surface area contributed by atoms with Gasteiger partial charge in [0.05, 0.1) is 11.7 Å². The Bertz CT molecular complexity index is 1390. The van der Waals surface area contributed by atoms with Gasteiger partial charge < -0.3 is 15.4 Å². The first-order valence-corrected chi connectivity index (χ1v) is 9.94. The van der Waals surface area contributed by atoms with Crippen LogP contribution in [0.4, 0.5) is 0 Å². The van der Waals surface area contributed by atoms with Gasteiger partial charge in [0, 0.05) is 23.1 Å². The van der Waals surface area contributed by atoms with Crippen molar-refractivity contribution in [2.45, 2.75) is 26.3 Å². The van der Waals surface area contributed by atoms with Gasteiger partial charge in [-0.1, -0.05) is 24.3 Å². The largest absolute Gasteiger partial charge is 0.494 e. The monoisotopic (exact) mass is 402 g/mol. The first kappa shape index (κ1) is 18.4. The fourth-order valence-electron chi connectivity index (χ4n) is 4.54. The Morgan fingerprint density at radius 2 is 1.77 bits per heavy atom. The van der Waals surface area contributed by atoms with Crippen LogP contribution in [-0.4, -0.2) is 26.2 Å². The predicted octanol–water partition coefficient (Wildman–Crippen LogP) is 2.56. The smallest absolute Gasteiger partial charge is 0.335 e. The van der Waals surface area contributed by atoms with Crippen LogP contribution in [0.5, 0.6) is 5.88 Å². The molecule has 4 aromatic rings. The molecular formula is C23H22N4O3. The van der Waals surface area contributed by atoms with Crippen molar-refractivity contribution >= 4 is 10.9 Å². The van der Waals surface area contributed by atoms with E-state index in [1.54, 1.807) is 12.1 Å². The van der Waals surface area contributed by atoms with Gasteiger partial charge in [-0.05, 0) is 55.2 Å². The Morgan fingerprint density at radius 1 is 1.03 bits per heavy atom. The van der Waals surface area contributed by atoms with Crippen LogP contribution < -0.4 is 16.6 Å². The number of nitrogens with zero attached hydrogens (tertiary/aromatic N) is 1. The lowest BCUT2D eigenvalue weighted by Crippen LogP contribution is -2.38. The molecule has 0 spiro atoms. The lowest BCUT2D eigenvalue weighted by Gasteiger charge is -2.25. The lowest BCUT2D eigenvalue weighted by molar-refractivity contribution is 0.409. The average Bonchev–Trinajstić information content (AvgIpc) is 3.06. The highest BCUT2D eigenvalue weighted by molar-refractivity contribution is 5.85. The van der Waals surface area contributed by atoms with E-state index in [1.165, 1.54) is 0 Å². The van der Waals surface area contributed by atoms with Gasteiger partial charge in [0.2, 0.25) is 5.88 Å². The minimum absolute atomic E-state index is 0.126. The fraction of sp³-hybridized carbons (Fsp3) is 0.217. The lowest BCUT2D eigenvalue weighted by atomic mass is 9.95. The number of H-pyrrole nitrogens is 2. The van der Waals surface area contributed by atoms with E-state index in [0.717, 1.165) is 44.3 Å². The van der Waals surface area contributed by atoms with Crippen LogP contribution in [0.2, 0.25) is 0 Å². The molecular weight excluding hydrogens is 380 g/mol. The van der Waals surface area contributed by atoms with E-state index in [4.69, 9.17) is 0 Å². The van der Waals surface area contributed by atoms with Gasteiger partial charge in [0.25, 0.3) is 5.56 Å². The summed E-state index contributed by atoms with van der Waals surface area (Å²) in [6.07, 6.45) is 0.811. The predicted molar refractivity (Wildman–Crippen MR) is 116 cm³/mol. The zero-order valence-electron chi connectivity index (χ0n) is 16.7. The van der Waals surface area contributed by atoms with Crippen molar-refractivity contribution in [2.75, 3.05) is 6.54 Å². The van der Waals surface area contributed by atoms with Gasteiger partial charge in [-0.25, -0.2) is 9.36 Å². The Morgan fingerprint density at radius 3 is 2.53 bits per heavy atom. The van der Waals surface area contributed by atoms with Crippen molar-refractivity contribution in [3.63, 3.8) is 0 Å². The molecule has 0 radical (unpaired) electrons. The molecule has 1 aliphatic heterocycles. The molecule has 0 aliphatic carbocycles. The van der Waals surface area contributed by atoms with Crippen LogP contribution in [0.1, 0.15) is 34.0 Å². The number of rotatable bonds is 2. The van der Waals surface area contributed by atoms with Gasteiger partial charge >= 0.3 is 5.69 Å². The summed E-state index contributed by atoms with van der Waals surface area (Å²) >= 11 is 0. The molecule has 0 unspecified atom stereocenters. The third kappa shape index (κ3) is 2.78. The first-order chi connectivity index (χ1) is 14.4. The van der Waals surface area contributed by atoms with Gasteiger partial charge in [0.15, 0.2) is 0 Å². The number of para-hydroxylation sites is 1. The summed E-state index contributed by atoms with van der Waals surface area (Å²) in [5, 5.41) is 15.6. The van der Waals surface area contributed by atoms with Gasteiger partial charge in [-0.3, -0.25) is 9.78 Å². The second-order valence-electron chi connectivity index (χ2n) is 7.88. The van der Waals surface area contributed by atoms with E-state index in [2.05, 4.69) is 15.3 Å². The maximum Gasteiger partial charge on any atom is 0.335 e. The summed E-state index contributed by atoms with van der Waals surface area (Å²) in [5.74, 6) is -0.349. The van der Waals surface area contributed by atoms with E-state index in [1.807, 2.05) is 44.2 Å². The molecule has 0 saturated heterocycles. The number of aromatic hydroxyl groups is 1. The van der Waals surface area contributed by atoms with E-state index in [9.17, 15) is 14.7 Å². The molecule has 1 aliphatic rings. The highest BCUT2D eigenvalue weighted by Crippen LogP contribution is 2.35. The number of aromatic nitrogens is 3. The Hall–Kier alpha value is -3.58.